The molecule has 10 heteroatoms. The normalized spacial score (nSPS) is 43.8. The van der Waals surface area contributed by atoms with Crippen LogP contribution in [-0.4, -0.2) is 62.7 Å². The van der Waals surface area contributed by atoms with Crippen molar-refractivity contribution in [2.24, 2.45) is 62.4 Å². The number of ether oxygens (including phenoxy) is 2. The minimum atomic E-state index is -0.631. The highest BCUT2D eigenvalue weighted by atomic mass is 16.5. The van der Waals surface area contributed by atoms with E-state index in [0.717, 1.165) is 51.4 Å². The van der Waals surface area contributed by atoms with Crippen molar-refractivity contribution in [1.29, 1.82) is 0 Å². The first kappa shape index (κ1) is 34.8. The predicted octanol–water partition coefficient (Wildman–Crippen LogP) is 6.29. The molecule has 1 aromatic rings. The van der Waals surface area contributed by atoms with E-state index in [4.69, 9.17) is 20.9 Å². The Bertz CT molecular complexity index is 1390. The molecule has 4 aliphatic carbocycles. The van der Waals surface area contributed by atoms with Gasteiger partial charge in [0.25, 0.3) is 5.95 Å². The lowest BCUT2D eigenvalue weighted by molar-refractivity contribution is -0.253. The number of carbonyl (C=O) groups is 1. The zero-order chi connectivity index (χ0) is 34.4. The van der Waals surface area contributed by atoms with E-state index in [2.05, 4.69) is 83.8 Å². The van der Waals surface area contributed by atoms with Gasteiger partial charge in [0.2, 0.25) is 0 Å². The molecule has 11 atom stereocenters. The summed E-state index contributed by atoms with van der Waals surface area (Å²) in [5, 5.41) is 24.1. The van der Waals surface area contributed by atoms with Crippen molar-refractivity contribution in [3.05, 3.63) is 11.6 Å². The molecule has 4 fully saturated rings. The van der Waals surface area contributed by atoms with Gasteiger partial charge >= 0.3 is 5.97 Å². The first-order valence-electron chi connectivity index (χ1n) is 18.4. The van der Waals surface area contributed by atoms with E-state index in [9.17, 15) is 9.90 Å². The Hall–Kier alpha value is -2.04. The summed E-state index contributed by atoms with van der Waals surface area (Å²) < 4.78 is 13.6. The topological polar surface area (TPSA) is 151 Å². The third kappa shape index (κ3) is 4.80. The van der Waals surface area contributed by atoms with Gasteiger partial charge in [0, 0.05) is 16.4 Å². The Balaban J connectivity index is 1.44. The molecule has 0 spiro atoms. The molecule has 2 heterocycles. The van der Waals surface area contributed by atoms with Crippen molar-refractivity contribution >= 4 is 11.9 Å². The van der Waals surface area contributed by atoms with Crippen molar-refractivity contribution in [2.45, 2.75) is 131 Å². The third-order valence-electron chi connectivity index (χ3n) is 15.8. The van der Waals surface area contributed by atoms with Crippen LogP contribution in [0.1, 0.15) is 120 Å². The van der Waals surface area contributed by atoms with Crippen LogP contribution in [0.4, 0.5) is 5.95 Å². The van der Waals surface area contributed by atoms with Gasteiger partial charge in [-0.1, -0.05) is 79.1 Å². The molecule has 0 radical (unpaired) electrons. The average Bonchev–Trinajstić information content (AvgIpc) is 3.45. The fraction of sp³-hybridized carbons (Fsp3) is 0.892. The van der Waals surface area contributed by atoms with E-state index in [1.165, 1.54) is 5.57 Å². The van der Waals surface area contributed by atoms with Crippen molar-refractivity contribution in [1.82, 2.24) is 20.2 Å². The van der Waals surface area contributed by atoms with Crippen LogP contribution >= 0.6 is 0 Å². The second kappa shape index (κ2) is 11.5. The van der Waals surface area contributed by atoms with Crippen molar-refractivity contribution in [3.63, 3.8) is 0 Å². The molecule has 47 heavy (non-hydrogen) atoms. The van der Waals surface area contributed by atoms with Gasteiger partial charge in [0.15, 0.2) is 0 Å². The number of aromatic nitrogens is 4. The number of carboxylic acids is 1. The summed E-state index contributed by atoms with van der Waals surface area (Å²) in [5.41, 5.74) is 12.6. The molecule has 3 saturated carbocycles. The summed E-state index contributed by atoms with van der Waals surface area (Å²) in [7, 11) is 0. The van der Waals surface area contributed by atoms with Gasteiger partial charge in [-0.2, -0.15) is 4.80 Å². The smallest absolute Gasteiger partial charge is 0.307 e. The lowest BCUT2D eigenvalue weighted by Gasteiger charge is -2.71. The van der Waals surface area contributed by atoms with Crippen LogP contribution in [0.5, 0.6) is 0 Å². The van der Waals surface area contributed by atoms with Crippen molar-refractivity contribution in [3.8, 4) is 0 Å². The Labute approximate surface area is 282 Å². The molecule has 0 amide bonds. The minimum Gasteiger partial charge on any atom is -0.481 e. The molecule has 10 nitrogen and oxygen atoms in total. The maximum atomic E-state index is 13.4. The Kier molecular flexibility index (Phi) is 8.52. The number of hydrogen-bond acceptors (Lipinski definition) is 8. The highest BCUT2D eigenvalue weighted by Gasteiger charge is 2.72. The number of fused-ring (bicyclic) bond motifs is 3. The minimum absolute atomic E-state index is 0.149. The number of carboxylic acid groups (broad SMARTS) is 1. The molecule has 6 rings (SSSR count). The molecular formula is C37H62N6O4. The van der Waals surface area contributed by atoms with Crippen LogP contribution in [0.15, 0.2) is 11.6 Å². The first-order valence-corrected chi connectivity index (χ1v) is 18.4. The molecule has 1 aliphatic heterocycles. The SMILES string of the molecule is CCC(N)(CC)CO[C@H]1[C@H](n2nnc(N)n2)C[C@@]23COCC1(C)[C@@H]2CC[C@H]1C3=CC[C@@]2(C)[C@H](C(=O)O)[C@@](C)([C@H](C)C(C)C)CC[C@]12C. The Morgan fingerprint density at radius 1 is 1.13 bits per heavy atom. The zero-order valence-electron chi connectivity index (χ0n) is 30.5. The van der Waals surface area contributed by atoms with Gasteiger partial charge < -0.3 is 26.0 Å². The molecular weight excluding hydrogens is 592 g/mol. The average molecular weight is 655 g/mol. The number of anilines is 1. The van der Waals surface area contributed by atoms with Gasteiger partial charge in [-0.3, -0.25) is 4.79 Å². The fourth-order valence-corrected chi connectivity index (χ4v) is 12.2. The van der Waals surface area contributed by atoms with Crippen molar-refractivity contribution < 1.29 is 19.4 Å². The quantitative estimate of drug-likeness (QED) is 0.261. The highest BCUT2D eigenvalue weighted by molar-refractivity contribution is 5.73. The number of aliphatic carboxylic acids is 1. The van der Waals surface area contributed by atoms with Crippen molar-refractivity contribution in [2.75, 3.05) is 25.6 Å². The molecule has 0 aromatic carbocycles. The molecule has 2 bridgehead atoms. The molecule has 264 valence electrons. The summed E-state index contributed by atoms with van der Waals surface area (Å²) in [5.74, 6) is 0.475. The maximum Gasteiger partial charge on any atom is 0.307 e. The van der Waals surface area contributed by atoms with Crippen LogP contribution in [0.3, 0.4) is 0 Å². The summed E-state index contributed by atoms with van der Waals surface area (Å²) in [6, 6.07) is -0.183. The number of hydrogen-bond donors (Lipinski definition) is 3. The van der Waals surface area contributed by atoms with Gasteiger partial charge in [0.05, 0.1) is 31.8 Å². The Morgan fingerprint density at radius 3 is 2.43 bits per heavy atom. The van der Waals surface area contributed by atoms with E-state index in [1.54, 1.807) is 4.80 Å². The van der Waals surface area contributed by atoms with Crippen LogP contribution in [0.25, 0.3) is 0 Å². The summed E-state index contributed by atoms with van der Waals surface area (Å²) in [6.07, 6.45) is 9.52. The molecule has 5 aliphatic rings. The summed E-state index contributed by atoms with van der Waals surface area (Å²) in [6.45, 7) is 22.1. The number of nitrogens with two attached hydrogens (primary N) is 2. The van der Waals surface area contributed by atoms with Crippen LogP contribution in [-0.2, 0) is 14.3 Å². The fourth-order valence-electron chi connectivity index (χ4n) is 12.2. The van der Waals surface area contributed by atoms with E-state index >= 15 is 0 Å². The lowest BCUT2D eigenvalue weighted by atomic mass is 9.34. The number of nitrogens with zero attached hydrogens (tertiary/aromatic N) is 4. The zero-order valence-corrected chi connectivity index (χ0v) is 30.5. The van der Waals surface area contributed by atoms with E-state index in [-0.39, 0.29) is 51.1 Å². The van der Waals surface area contributed by atoms with Gasteiger partial charge in [-0.15, -0.1) is 5.10 Å². The standard InChI is InChI=1S/C37H62N6O4/c1-10-36(39,11-2)20-47-29-26(43-41-31(38)40-42-43)18-37-21-46-19-33(29,7)27(37)13-12-24-25(37)14-15-35(9)28(30(44)45)32(6,23(5)22(3)4)16-17-34(24,35)8/h14,22-24,26-29H,10-13,15-21,39H2,1-9H3,(H2,38,41)(H,44,45)/t23-,24+,26-,27+,28-,29+,32-,33?,34-,35+,37+/m1/s1. The molecule has 1 saturated heterocycles. The van der Waals surface area contributed by atoms with E-state index in [1.807, 2.05) is 0 Å². The largest absolute Gasteiger partial charge is 0.481 e. The maximum absolute atomic E-state index is 13.4. The monoisotopic (exact) mass is 654 g/mol. The molecule has 1 unspecified atom stereocenters. The van der Waals surface area contributed by atoms with E-state index < -0.39 is 17.4 Å². The van der Waals surface area contributed by atoms with Gasteiger partial charge in [0.1, 0.15) is 6.04 Å². The molecule has 1 aromatic heterocycles. The highest BCUT2D eigenvalue weighted by Crippen LogP contribution is 2.75. The number of allylic oxidation sites excluding steroid dienone is 1. The second-order valence-electron chi connectivity index (χ2n) is 17.9. The predicted molar refractivity (Wildman–Crippen MR) is 182 cm³/mol. The second-order valence-corrected chi connectivity index (χ2v) is 17.9. The van der Waals surface area contributed by atoms with Gasteiger partial charge in [-0.25, -0.2) is 0 Å². The van der Waals surface area contributed by atoms with E-state index in [0.29, 0.717) is 37.6 Å². The Morgan fingerprint density at radius 2 is 1.83 bits per heavy atom. The number of tetrazole rings is 1. The first-order chi connectivity index (χ1) is 22.0. The number of rotatable bonds is 9. The van der Waals surface area contributed by atoms with Crippen LogP contribution in [0.2, 0.25) is 0 Å². The summed E-state index contributed by atoms with van der Waals surface area (Å²) in [4.78, 5) is 15.1. The van der Waals surface area contributed by atoms with Crippen LogP contribution < -0.4 is 11.5 Å². The van der Waals surface area contributed by atoms with Gasteiger partial charge in [-0.05, 0) is 96.5 Å². The molecule has 5 N–H and O–H groups in total. The summed E-state index contributed by atoms with van der Waals surface area (Å²) >= 11 is 0. The number of nitrogen functional groups attached to an aromatic ring is 1. The lowest BCUT2D eigenvalue weighted by Crippen LogP contribution is -2.69. The van der Waals surface area contributed by atoms with Crippen LogP contribution in [0, 0.1) is 56.7 Å². The third-order valence-corrected chi connectivity index (χ3v) is 15.8.